The van der Waals surface area contributed by atoms with E-state index in [1.54, 1.807) is 0 Å². The van der Waals surface area contributed by atoms with Crippen LogP contribution in [0.5, 0.6) is 0 Å². The van der Waals surface area contributed by atoms with Crippen molar-refractivity contribution in [3.05, 3.63) is 0 Å². The van der Waals surface area contributed by atoms with Crippen molar-refractivity contribution in [3.63, 3.8) is 0 Å². The maximum Gasteiger partial charge on any atom is 0.348 e. The van der Waals surface area contributed by atoms with Gasteiger partial charge in [-0.05, 0) is 12.8 Å². The van der Waals surface area contributed by atoms with Crippen LogP contribution in [-0.4, -0.2) is 24.6 Å². The maximum atomic E-state index is 10.9. The molecular formula is C8H12O4. The maximum absolute atomic E-state index is 10.9. The van der Waals surface area contributed by atoms with E-state index < -0.39 is 18.0 Å². The fraction of sp³-hybridized carbons (Fsp3) is 0.750. The first kappa shape index (κ1) is 9.03. The summed E-state index contributed by atoms with van der Waals surface area (Å²) in [6.07, 6.45) is 1.75. The van der Waals surface area contributed by atoms with E-state index in [-0.39, 0.29) is 6.61 Å². The highest BCUT2D eigenvalue weighted by Crippen LogP contribution is 2.11. The number of hydrogen-bond donors (Lipinski definition) is 0. The minimum atomic E-state index is -0.661. The number of rotatable bonds is 3. The van der Waals surface area contributed by atoms with Crippen LogP contribution in [0.3, 0.4) is 0 Å². The summed E-state index contributed by atoms with van der Waals surface area (Å²) in [7, 11) is 0. The zero-order valence-corrected chi connectivity index (χ0v) is 7.04. The monoisotopic (exact) mass is 172 g/mol. The van der Waals surface area contributed by atoms with E-state index >= 15 is 0 Å². The predicted molar refractivity (Wildman–Crippen MR) is 40.4 cm³/mol. The molecule has 68 valence electrons. The summed E-state index contributed by atoms with van der Waals surface area (Å²) in [5.41, 5.74) is 0. The first-order chi connectivity index (χ1) is 5.74. The molecule has 1 unspecified atom stereocenters. The molecule has 0 aromatic carbocycles. The highest BCUT2D eigenvalue weighted by Gasteiger charge is 2.29. The lowest BCUT2D eigenvalue weighted by atomic mass is 10.1. The van der Waals surface area contributed by atoms with Gasteiger partial charge in [-0.1, -0.05) is 13.3 Å². The Labute approximate surface area is 70.8 Å². The normalized spacial score (nSPS) is 23.2. The summed E-state index contributed by atoms with van der Waals surface area (Å²) in [5, 5.41) is 0. The van der Waals surface area contributed by atoms with E-state index in [4.69, 9.17) is 4.74 Å². The van der Waals surface area contributed by atoms with E-state index in [0.717, 1.165) is 12.8 Å². The van der Waals surface area contributed by atoms with Crippen LogP contribution in [0.4, 0.5) is 0 Å². The first-order valence-corrected chi connectivity index (χ1v) is 4.10. The van der Waals surface area contributed by atoms with Crippen LogP contribution < -0.4 is 0 Å². The molecule has 0 aliphatic carbocycles. The van der Waals surface area contributed by atoms with Crippen LogP contribution in [-0.2, 0) is 19.1 Å². The van der Waals surface area contributed by atoms with Gasteiger partial charge in [0.15, 0.2) is 12.7 Å². The summed E-state index contributed by atoms with van der Waals surface area (Å²) < 4.78 is 9.37. The molecule has 4 nitrogen and oxygen atoms in total. The number of esters is 2. The molecule has 0 aromatic heterocycles. The average Bonchev–Trinajstić information content (AvgIpc) is 2.07. The van der Waals surface area contributed by atoms with Gasteiger partial charge in [0, 0.05) is 0 Å². The highest BCUT2D eigenvalue weighted by molar-refractivity contribution is 5.85. The molecule has 12 heavy (non-hydrogen) atoms. The van der Waals surface area contributed by atoms with Crippen LogP contribution >= 0.6 is 0 Å². The van der Waals surface area contributed by atoms with Crippen molar-refractivity contribution in [2.75, 3.05) is 6.61 Å². The molecule has 0 saturated carbocycles. The van der Waals surface area contributed by atoms with Gasteiger partial charge in [-0.3, -0.25) is 0 Å². The second-order valence-corrected chi connectivity index (χ2v) is 2.73. The van der Waals surface area contributed by atoms with Crippen LogP contribution in [0.1, 0.15) is 26.2 Å². The largest absolute Gasteiger partial charge is 0.451 e. The van der Waals surface area contributed by atoms with E-state index in [1.807, 2.05) is 6.92 Å². The van der Waals surface area contributed by atoms with Crippen molar-refractivity contribution in [1.82, 2.24) is 0 Å². The Morgan fingerprint density at radius 3 is 2.92 bits per heavy atom. The van der Waals surface area contributed by atoms with Crippen LogP contribution in [0, 0.1) is 0 Å². The smallest absolute Gasteiger partial charge is 0.348 e. The lowest BCUT2D eigenvalue weighted by molar-refractivity contribution is -0.185. The molecule has 1 heterocycles. The Morgan fingerprint density at radius 1 is 1.50 bits per heavy atom. The van der Waals surface area contributed by atoms with Crippen molar-refractivity contribution < 1.29 is 19.1 Å². The molecule has 0 amide bonds. The standard InChI is InChI=1S/C8H12O4/c1-2-3-4-6-8(10)11-5-7(9)12-6/h6H,2-5H2,1H3. The van der Waals surface area contributed by atoms with Crippen LogP contribution in [0.2, 0.25) is 0 Å². The van der Waals surface area contributed by atoms with E-state index in [1.165, 1.54) is 0 Å². The van der Waals surface area contributed by atoms with Gasteiger partial charge in [0.2, 0.25) is 0 Å². The van der Waals surface area contributed by atoms with Gasteiger partial charge < -0.3 is 9.47 Å². The lowest BCUT2D eigenvalue weighted by Gasteiger charge is -2.20. The zero-order chi connectivity index (χ0) is 8.97. The van der Waals surface area contributed by atoms with E-state index in [0.29, 0.717) is 6.42 Å². The van der Waals surface area contributed by atoms with Crippen molar-refractivity contribution in [3.8, 4) is 0 Å². The summed E-state index contributed by atoms with van der Waals surface area (Å²) in [5.74, 6) is -0.862. The fourth-order valence-corrected chi connectivity index (χ4v) is 1.03. The van der Waals surface area contributed by atoms with Crippen LogP contribution in [0.25, 0.3) is 0 Å². The Morgan fingerprint density at radius 2 is 2.25 bits per heavy atom. The molecule has 0 N–H and O–H groups in total. The fourth-order valence-electron chi connectivity index (χ4n) is 1.03. The van der Waals surface area contributed by atoms with Gasteiger partial charge in [0.25, 0.3) is 0 Å². The molecule has 0 spiro atoms. The molecule has 0 aromatic rings. The van der Waals surface area contributed by atoms with Gasteiger partial charge in [-0.2, -0.15) is 0 Å². The van der Waals surface area contributed by atoms with Crippen LogP contribution in [0.15, 0.2) is 0 Å². The molecule has 1 rings (SSSR count). The SMILES string of the molecule is CCCCC1OC(=O)COC1=O. The van der Waals surface area contributed by atoms with Crippen molar-refractivity contribution in [1.29, 1.82) is 0 Å². The molecule has 1 saturated heterocycles. The van der Waals surface area contributed by atoms with E-state index in [2.05, 4.69) is 4.74 Å². The summed E-state index contributed by atoms with van der Waals surface area (Å²) >= 11 is 0. The van der Waals surface area contributed by atoms with Crippen molar-refractivity contribution in [2.24, 2.45) is 0 Å². The van der Waals surface area contributed by atoms with Gasteiger partial charge in [0.05, 0.1) is 0 Å². The summed E-state index contributed by atoms with van der Waals surface area (Å²) in [6, 6.07) is 0. The van der Waals surface area contributed by atoms with Gasteiger partial charge in [-0.15, -0.1) is 0 Å². The first-order valence-electron chi connectivity index (χ1n) is 4.10. The molecule has 0 radical (unpaired) electrons. The molecule has 0 bridgehead atoms. The van der Waals surface area contributed by atoms with E-state index in [9.17, 15) is 9.59 Å². The topological polar surface area (TPSA) is 52.6 Å². The van der Waals surface area contributed by atoms with Gasteiger partial charge >= 0.3 is 11.9 Å². The van der Waals surface area contributed by atoms with Crippen molar-refractivity contribution >= 4 is 11.9 Å². The summed E-state index contributed by atoms with van der Waals surface area (Å²) in [6.45, 7) is 1.78. The molecule has 1 aliphatic heterocycles. The van der Waals surface area contributed by atoms with Gasteiger partial charge in [0.1, 0.15) is 0 Å². The molecule has 1 fully saturated rings. The lowest BCUT2D eigenvalue weighted by Crippen LogP contribution is -2.37. The number of carbonyl (C=O) groups excluding carboxylic acids is 2. The third kappa shape index (κ3) is 2.22. The average molecular weight is 172 g/mol. The zero-order valence-electron chi connectivity index (χ0n) is 7.04. The predicted octanol–water partition coefficient (Wildman–Crippen LogP) is 0.645. The third-order valence-electron chi connectivity index (χ3n) is 1.69. The molecule has 4 heteroatoms. The Hall–Kier alpha value is -1.06. The quantitative estimate of drug-likeness (QED) is 0.586. The highest BCUT2D eigenvalue weighted by atomic mass is 16.6. The Kier molecular flexibility index (Phi) is 3.08. The number of cyclic esters (lactones) is 2. The summed E-state index contributed by atoms with van der Waals surface area (Å²) in [4.78, 5) is 21.6. The number of hydrogen-bond acceptors (Lipinski definition) is 4. The minimum absolute atomic E-state index is 0.235. The molecule has 1 atom stereocenters. The van der Waals surface area contributed by atoms with Gasteiger partial charge in [-0.25, -0.2) is 9.59 Å². The molecule has 1 aliphatic rings. The number of carbonyl (C=O) groups is 2. The van der Waals surface area contributed by atoms with Crippen molar-refractivity contribution in [2.45, 2.75) is 32.3 Å². The third-order valence-corrected chi connectivity index (χ3v) is 1.69. The second-order valence-electron chi connectivity index (χ2n) is 2.73. The minimum Gasteiger partial charge on any atom is -0.451 e. The number of ether oxygens (including phenoxy) is 2. The Balaban J connectivity index is 2.38. The Bertz CT molecular complexity index is 187. The number of unbranched alkanes of at least 4 members (excludes halogenated alkanes) is 1. The molecular weight excluding hydrogens is 160 g/mol. The second kappa shape index (κ2) is 4.09.